The Morgan fingerprint density at radius 1 is 1.67 bits per heavy atom. The van der Waals surface area contributed by atoms with Crippen molar-refractivity contribution in [3.63, 3.8) is 0 Å². The van der Waals surface area contributed by atoms with Crippen molar-refractivity contribution in [3.8, 4) is 0 Å². The van der Waals surface area contributed by atoms with Crippen molar-refractivity contribution in [2.24, 2.45) is 0 Å². The van der Waals surface area contributed by atoms with Crippen LogP contribution in [0, 0.1) is 0 Å². The summed E-state index contributed by atoms with van der Waals surface area (Å²) in [7, 11) is 0. The van der Waals surface area contributed by atoms with Gasteiger partial charge in [-0.05, 0) is 18.1 Å². The number of Topliss-reactive ketones (excluding diaryl/α,β-unsaturated/α-hetero) is 1. The van der Waals surface area contributed by atoms with E-state index in [2.05, 4.69) is 15.4 Å². The summed E-state index contributed by atoms with van der Waals surface area (Å²) < 4.78 is 0. The van der Waals surface area contributed by atoms with Crippen LogP contribution in [0.5, 0.6) is 0 Å². The highest BCUT2D eigenvalue weighted by Gasteiger charge is 2.47. The first-order valence-electron chi connectivity index (χ1n) is 3.64. The van der Waals surface area contributed by atoms with E-state index in [0.717, 1.165) is 12.8 Å². The largest absolute Gasteiger partial charge is 0.296 e. The molecule has 1 aliphatic rings. The predicted octanol–water partition coefficient (Wildman–Crippen LogP) is 0.0136. The molecule has 0 unspecified atom stereocenters. The van der Waals surface area contributed by atoms with E-state index in [-0.39, 0.29) is 12.3 Å². The Labute approximate surface area is 73.7 Å². The van der Waals surface area contributed by atoms with E-state index in [1.54, 1.807) is 0 Å². The maximum Gasteiger partial charge on any atom is 0.177 e. The lowest BCUT2D eigenvalue weighted by Crippen LogP contribution is -2.23. The van der Waals surface area contributed by atoms with Gasteiger partial charge < -0.3 is 0 Å². The lowest BCUT2D eigenvalue weighted by Gasteiger charge is -2.02. The van der Waals surface area contributed by atoms with Gasteiger partial charge in [0.1, 0.15) is 11.4 Å². The van der Waals surface area contributed by atoms with Gasteiger partial charge >= 0.3 is 0 Å². The zero-order valence-corrected chi connectivity index (χ0v) is 7.03. The summed E-state index contributed by atoms with van der Waals surface area (Å²) >= 11 is 5.87. The molecule has 6 heteroatoms. The fourth-order valence-electron chi connectivity index (χ4n) is 0.920. The zero-order valence-electron chi connectivity index (χ0n) is 6.27. The van der Waals surface area contributed by atoms with Crippen molar-refractivity contribution in [1.29, 1.82) is 0 Å². The summed E-state index contributed by atoms with van der Waals surface area (Å²) in [5, 5.41) is 10.8. The first kappa shape index (κ1) is 7.67. The van der Waals surface area contributed by atoms with Gasteiger partial charge in [0, 0.05) is 0 Å². The second kappa shape index (κ2) is 2.52. The maximum atomic E-state index is 11.3. The molecule has 1 aromatic rings. The van der Waals surface area contributed by atoms with Gasteiger partial charge in [-0.15, -0.1) is 21.8 Å². The highest BCUT2D eigenvalue weighted by molar-refractivity contribution is 6.37. The number of carbonyl (C=O) groups is 1. The molecule has 0 spiro atoms. The summed E-state index contributed by atoms with van der Waals surface area (Å²) in [6, 6.07) is 0. The summed E-state index contributed by atoms with van der Waals surface area (Å²) in [6.07, 6.45) is 2.82. The van der Waals surface area contributed by atoms with Gasteiger partial charge in [-0.3, -0.25) is 4.79 Å². The third-order valence-corrected chi connectivity index (χ3v) is 2.45. The van der Waals surface area contributed by atoms with Gasteiger partial charge in [0.05, 0.1) is 0 Å². The van der Waals surface area contributed by atoms with Crippen LogP contribution in [0.4, 0.5) is 0 Å². The number of carbonyl (C=O) groups excluding carboxylic acids is 1. The maximum absolute atomic E-state index is 11.3. The molecule has 64 valence electrons. The molecule has 2 rings (SSSR count). The molecule has 1 aliphatic carbocycles. The number of rotatable bonds is 3. The molecule has 0 N–H and O–H groups in total. The molecule has 0 bridgehead atoms. The smallest absolute Gasteiger partial charge is 0.177 e. The number of ketones is 1. The number of tetrazole rings is 1. The van der Waals surface area contributed by atoms with Crippen molar-refractivity contribution < 1.29 is 4.79 Å². The summed E-state index contributed by atoms with van der Waals surface area (Å²) in [5.74, 6) is -0.0258. The molecule has 0 radical (unpaired) electrons. The van der Waals surface area contributed by atoms with Crippen molar-refractivity contribution in [3.05, 3.63) is 6.33 Å². The minimum absolute atomic E-state index is 0.0258. The molecule has 1 aromatic heterocycles. The molecule has 1 fully saturated rings. The second-order valence-corrected chi connectivity index (χ2v) is 3.58. The Balaban J connectivity index is 2.00. The van der Waals surface area contributed by atoms with E-state index in [4.69, 9.17) is 11.6 Å². The molecule has 5 nitrogen and oxygen atoms in total. The van der Waals surface area contributed by atoms with E-state index < -0.39 is 4.87 Å². The highest BCUT2D eigenvalue weighted by Crippen LogP contribution is 2.43. The van der Waals surface area contributed by atoms with Crippen molar-refractivity contribution in [1.82, 2.24) is 20.2 Å². The minimum atomic E-state index is -0.617. The van der Waals surface area contributed by atoms with E-state index >= 15 is 0 Å². The van der Waals surface area contributed by atoms with Crippen molar-refractivity contribution in [2.45, 2.75) is 24.3 Å². The van der Waals surface area contributed by atoms with Gasteiger partial charge in [0.25, 0.3) is 0 Å². The number of hydrogen-bond donors (Lipinski definition) is 0. The number of alkyl halides is 1. The number of halogens is 1. The lowest BCUT2D eigenvalue weighted by atomic mass is 10.2. The van der Waals surface area contributed by atoms with Gasteiger partial charge in [0.15, 0.2) is 12.1 Å². The molecule has 0 amide bonds. The van der Waals surface area contributed by atoms with Crippen LogP contribution in [0.15, 0.2) is 6.33 Å². The first-order chi connectivity index (χ1) is 5.71. The lowest BCUT2D eigenvalue weighted by molar-refractivity contribution is -0.120. The summed E-state index contributed by atoms with van der Waals surface area (Å²) in [5.41, 5.74) is 0. The van der Waals surface area contributed by atoms with Crippen LogP contribution >= 0.6 is 11.6 Å². The fourth-order valence-corrected chi connectivity index (χ4v) is 1.07. The molecule has 0 saturated heterocycles. The van der Waals surface area contributed by atoms with Crippen LogP contribution in [-0.4, -0.2) is 30.9 Å². The van der Waals surface area contributed by atoms with Crippen LogP contribution in [-0.2, 0) is 11.3 Å². The molecule has 1 saturated carbocycles. The molecule has 1 heterocycles. The number of hydrogen-bond acceptors (Lipinski definition) is 4. The molecule has 0 aromatic carbocycles. The molecule has 0 aliphatic heterocycles. The Bertz CT molecular complexity index is 293. The monoisotopic (exact) mass is 186 g/mol. The zero-order chi connectivity index (χ0) is 8.60. The molecular weight excluding hydrogens is 180 g/mol. The third-order valence-electron chi connectivity index (χ3n) is 1.87. The molecule has 12 heavy (non-hydrogen) atoms. The summed E-state index contributed by atoms with van der Waals surface area (Å²) in [4.78, 5) is 12.0. The Morgan fingerprint density at radius 3 is 2.92 bits per heavy atom. The quantitative estimate of drug-likeness (QED) is 0.625. The Morgan fingerprint density at radius 2 is 2.42 bits per heavy atom. The van der Waals surface area contributed by atoms with Gasteiger partial charge in [0.2, 0.25) is 0 Å². The standard InChI is InChI=1S/C6H7ClN4O/c7-6(1-2-6)5(12)3-11-9-4-8-10-11/h4H,1-3H2. The SMILES string of the molecule is O=C(Cn1ncnn1)C1(Cl)CC1. The van der Waals surface area contributed by atoms with Crippen LogP contribution in [0.25, 0.3) is 0 Å². The number of aromatic nitrogens is 4. The van der Waals surface area contributed by atoms with Crippen LogP contribution in [0.2, 0.25) is 0 Å². The van der Waals surface area contributed by atoms with E-state index in [1.807, 2.05) is 0 Å². The predicted molar refractivity (Wildman–Crippen MR) is 40.6 cm³/mol. The molecule has 0 atom stereocenters. The Hall–Kier alpha value is -0.970. The van der Waals surface area contributed by atoms with E-state index in [9.17, 15) is 4.79 Å². The number of nitrogens with zero attached hydrogens (tertiary/aromatic N) is 4. The third kappa shape index (κ3) is 1.32. The highest BCUT2D eigenvalue weighted by atomic mass is 35.5. The van der Waals surface area contributed by atoms with Crippen LogP contribution < -0.4 is 0 Å². The van der Waals surface area contributed by atoms with Crippen molar-refractivity contribution in [2.75, 3.05) is 0 Å². The van der Waals surface area contributed by atoms with Crippen molar-refractivity contribution >= 4 is 17.4 Å². The minimum Gasteiger partial charge on any atom is -0.296 e. The summed E-state index contributed by atoms with van der Waals surface area (Å²) in [6.45, 7) is 0.128. The normalized spacial score (nSPS) is 19.1. The van der Waals surface area contributed by atoms with E-state index in [1.165, 1.54) is 11.1 Å². The average molecular weight is 187 g/mol. The van der Waals surface area contributed by atoms with Gasteiger partial charge in [-0.25, -0.2) is 0 Å². The van der Waals surface area contributed by atoms with Gasteiger partial charge in [-0.1, -0.05) is 0 Å². The fraction of sp³-hybridized carbons (Fsp3) is 0.667. The van der Waals surface area contributed by atoms with Gasteiger partial charge in [-0.2, -0.15) is 4.80 Å². The van der Waals surface area contributed by atoms with Crippen LogP contribution in [0.3, 0.4) is 0 Å². The topological polar surface area (TPSA) is 60.7 Å². The molecular formula is C6H7ClN4O. The second-order valence-electron chi connectivity index (χ2n) is 2.85. The average Bonchev–Trinajstić information content (AvgIpc) is 2.63. The van der Waals surface area contributed by atoms with E-state index in [0.29, 0.717) is 0 Å². The van der Waals surface area contributed by atoms with Crippen LogP contribution in [0.1, 0.15) is 12.8 Å². The first-order valence-corrected chi connectivity index (χ1v) is 4.01. The Kier molecular flexibility index (Phi) is 1.61.